The lowest BCUT2D eigenvalue weighted by Gasteiger charge is -2.46. The molecule has 4 aromatic rings. The van der Waals surface area contributed by atoms with Gasteiger partial charge < -0.3 is 20.7 Å². The summed E-state index contributed by atoms with van der Waals surface area (Å²) in [5, 5.41) is 18.9. The normalized spacial score (nSPS) is 21.1. The van der Waals surface area contributed by atoms with E-state index in [1.54, 1.807) is 39.9 Å². The molecule has 0 unspecified atom stereocenters. The van der Waals surface area contributed by atoms with E-state index < -0.39 is 11.4 Å². The Kier molecular flexibility index (Phi) is 8.94. The van der Waals surface area contributed by atoms with Crippen molar-refractivity contribution in [3.63, 3.8) is 0 Å². The maximum atomic E-state index is 15.7. The Hall–Kier alpha value is -4.86. The number of hydrogen-bond acceptors (Lipinski definition) is 9. The average molecular weight is 638 g/mol. The van der Waals surface area contributed by atoms with Gasteiger partial charge in [0.1, 0.15) is 46.8 Å². The van der Waals surface area contributed by atoms with Crippen LogP contribution in [0, 0.1) is 17.1 Å². The molecule has 2 aliphatic heterocycles. The first-order valence-corrected chi connectivity index (χ1v) is 16.0. The van der Waals surface area contributed by atoms with Gasteiger partial charge in [0.2, 0.25) is 0 Å². The van der Waals surface area contributed by atoms with E-state index >= 15 is 4.39 Å². The van der Waals surface area contributed by atoms with Crippen LogP contribution < -0.4 is 15.8 Å². The zero-order valence-corrected chi connectivity index (χ0v) is 27.2. The number of nitriles is 1. The van der Waals surface area contributed by atoms with E-state index in [9.17, 15) is 10.1 Å². The number of halogens is 1. The minimum Gasteiger partial charge on any atom is -0.457 e. The summed E-state index contributed by atoms with van der Waals surface area (Å²) in [6.07, 6.45) is 4.57. The van der Waals surface area contributed by atoms with E-state index in [4.69, 9.17) is 15.6 Å². The highest BCUT2D eigenvalue weighted by Crippen LogP contribution is 2.36. The summed E-state index contributed by atoms with van der Waals surface area (Å²) >= 11 is 0. The molecule has 0 spiro atoms. The number of nitrogens with zero attached hydrogens (tertiary/aromatic N) is 7. The zero-order chi connectivity index (χ0) is 33.3. The molecule has 12 heteroatoms. The summed E-state index contributed by atoms with van der Waals surface area (Å²) in [6, 6.07) is 16.2. The Morgan fingerprint density at radius 1 is 1.15 bits per heavy atom. The second-order valence-corrected chi connectivity index (χ2v) is 13.0. The summed E-state index contributed by atoms with van der Waals surface area (Å²) in [5.74, 6) is 0.268. The summed E-state index contributed by atoms with van der Waals surface area (Å²) < 4.78 is 23.2. The number of nitrogens with two attached hydrogens (primary N) is 1. The number of benzene rings is 2. The fourth-order valence-electron chi connectivity index (χ4n) is 6.73. The maximum Gasteiger partial charge on any atom is 0.264 e. The predicted molar refractivity (Wildman–Crippen MR) is 178 cm³/mol. The van der Waals surface area contributed by atoms with Crippen molar-refractivity contribution in [1.29, 1.82) is 5.26 Å². The molecule has 11 nitrogen and oxygen atoms in total. The molecule has 0 radical (unpaired) electrons. The Balaban J connectivity index is 1.28. The van der Waals surface area contributed by atoms with Gasteiger partial charge in [0.25, 0.3) is 5.91 Å². The number of para-hydroxylation sites is 1. The van der Waals surface area contributed by atoms with Crippen LogP contribution in [0.3, 0.4) is 0 Å². The van der Waals surface area contributed by atoms with Crippen molar-refractivity contribution in [2.45, 2.75) is 64.2 Å². The maximum absolute atomic E-state index is 15.7. The largest absolute Gasteiger partial charge is 0.457 e. The number of nitrogen functional groups attached to an aromatic ring is 1. The third kappa shape index (κ3) is 6.54. The van der Waals surface area contributed by atoms with Crippen molar-refractivity contribution in [3.8, 4) is 28.8 Å². The number of piperidine rings is 1. The van der Waals surface area contributed by atoms with Crippen LogP contribution in [-0.2, 0) is 4.79 Å². The number of nitrogens with one attached hydrogen (secondary N) is 1. The van der Waals surface area contributed by atoms with Crippen LogP contribution >= 0.6 is 0 Å². The van der Waals surface area contributed by atoms with Crippen LogP contribution in [0.1, 0.15) is 46.6 Å². The molecular weight excluding hydrogens is 597 g/mol. The van der Waals surface area contributed by atoms with E-state index in [2.05, 4.69) is 40.1 Å². The van der Waals surface area contributed by atoms with Gasteiger partial charge in [-0.15, -0.1) is 0 Å². The van der Waals surface area contributed by atoms with Crippen LogP contribution in [0.4, 0.5) is 10.2 Å². The molecule has 3 N–H and O–H groups in total. The number of amides is 1. The number of likely N-dealkylation sites (tertiary alicyclic amines) is 1. The Bertz CT molecular complexity index is 1850. The van der Waals surface area contributed by atoms with Gasteiger partial charge in [0.15, 0.2) is 5.65 Å². The van der Waals surface area contributed by atoms with E-state index in [-0.39, 0.29) is 34.9 Å². The highest BCUT2D eigenvalue weighted by atomic mass is 19.1. The first kappa shape index (κ1) is 32.1. The average Bonchev–Trinajstić information content (AvgIpc) is 3.45. The monoisotopic (exact) mass is 637 g/mol. The molecule has 47 heavy (non-hydrogen) atoms. The number of aromatic nitrogens is 4. The van der Waals surface area contributed by atoms with Crippen molar-refractivity contribution < 1.29 is 13.9 Å². The molecule has 0 bridgehead atoms. The number of anilines is 1. The lowest BCUT2D eigenvalue weighted by Crippen LogP contribution is -2.60. The fourth-order valence-corrected chi connectivity index (χ4v) is 6.73. The number of hydrogen-bond donors (Lipinski definition) is 2. The highest BCUT2D eigenvalue weighted by molar-refractivity contribution is 5.99. The van der Waals surface area contributed by atoms with Crippen LogP contribution in [0.15, 0.2) is 66.5 Å². The first-order valence-electron chi connectivity index (χ1n) is 16.0. The molecule has 2 aromatic heterocycles. The Morgan fingerprint density at radius 3 is 2.68 bits per heavy atom. The second kappa shape index (κ2) is 13.1. The molecular formula is C35H40FN9O2. The van der Waals surface area contributed by atoms with Gasteiger partial charge >= 0.3 is 0 Å². The van der Waals surface area contributed by atoms with Crippen LogP contribution in [-0.4, -0.2) is 79.3 Å². The van der Waals surface area contributed by atoms with E-state index in [1.165, 1.54) is 12.4 Å². The molecule has 2 aliphatic rings. The van der Waals surface area contributed by atoms with Gasteiger partial charge in [-0.25, -0.2) is 19.0 Å². The number of fused-ring (bicyclic) bond motifs is 1. The van der Waals surface area contributed by atoms with Crippen molar-refractivity contribution in [1.82, 2.24) is 34.9 Å². The van der Waals surface area contributed by atoms with Gasteiger partial charge in [0, 0.05) is 55.4 Å². The Morgan fingerprint density at radius 2 is 1.94 bits per heavy atom. The molecule has 2 aromatic carbocycles. The van der Waals surface area contributed by atoms with E-state index in [1.807, 2.05) is 32.0 Å². The van der Waals surface area contributed by atoms with Crippen LogP contribution in [0.25, 0.3) is 22.3 Å². The van der Waals surface area contributed by atoms with Gasteiger partial charge in [-0.05, 0) is 70.9 Å². The van der Waals surface area contributed by atoms with Crippen molar-refractivity contribution >= 4 is 22.8 Å². The van der Waals surface area contributed by atoms with Gasteiger partial charge in [0.05, 0.1) is 11.4 Å². The summed E-state index contributed by atoms with van der Waals surface area (Å²) in [6.45, 7) is 10.9. The topological polar surface area (TPSA) is 138 Å². The fraction of sp³-hybridized carbons (Fsp3) is 0.400. The molecule has 2 fully saturated rings. The first-order chi connectivity index (χ1) is 22.6. The molecule has 4 heterocycles. The summed E-state index contributed by atoms with van der Waals surface area (Å²) in [7, 11) is 0. The van der Waals surface area contributed by atoms with Crippen LogP contribution in [0.2, 0.25) is 0 Å². The number of rotatable bonds is 7. The predicted octanol–water partition coefficient (Wildman–Crippen LogP) is 5.08. The molecule has 1 amide bonds. The van der Waals surface area contributed by atoms with Crippen molar-refractivity contribution in [2.75, 3.05) is 31.9 Å². The minimum absolute atomic E-state index is 0.117. The van der Waals surface area contributed by atoms with E-state index in [0.29, 0.717) is 60.2 Å². The zero-order valence-electron chi connectivity index (χ0n) is 27.2. The van der Waals surface area contributed by atoms with E-state index in [0.717, 1.165) is 13.1 Å². The molecule has 0 saturated carbocycles. The third-order valence-electron chi connectivity index (χ3n) is 9.08. The van der Waals surface area contributed by atoms with Crippen LogP contribution in [0.5, 0.6) is 11.5 Å². The minimum atomic E-state index is -0.534. The van der Waals surface area contributed by atoms with Gasteiger partial charge in [-0.1, -0.05) is 18.2 Å². The lowest BCUT2D eigenvalue weighted by atomic mass is 9.94. The smallest absolute Gasteiger partial charge is 0.264 e. The molecule has 2 saturated heterocycles. The lowest BCUT2D eigenvalue weighted by molar-refractivity contribution is -0.128. The summed E-state index contributed by atoms with van der Waals surface area (Å²) in [5.41, 5.74) is 6.93. The second-order valence-electron chi connectivity index (χ2n) is 13.0. The van der Waals surface area contributed by atoms with Crippen molar-refractivity contribution in [3.05, 3.63) is 72.3 Å². The number of piperazine rings is 1. The van der Waals surface area contributed by atoms with Crippen molar-refractivity contribution in [2.24, 2.45) is 0 Å². The summed E-state index contributed by atoms with van der Waals surface area (Å²) in [4.78, 5) is 26.5. The molecule has 0 aliphatic carbocycles. The standard InChI is InChI=1S/C35H40FN9O2/c1-22-19-44(23(2)18-39-22)35(3,4)16-24(17-37)34(46)43-14-8-9-25(20-43)45-33-30(32(38)40-21-41-33)31(42-45)28-13-12-27(15-29(28)36)47-26-10-6-5-7-11-26/h5-7,10-13,15-16,21-23,25,39H,8-9,14,18-20H2,1-4H3,(H2,38,40,41)/t22-,23+,25-/m0/s1. The van der Waals surface area contributed by atoms with Gasteiger partial charge in [-0.3, -0.25) is 9.69 Å². The molecule has 3 atom stereocenters. The quantitative estimate of drug-likeness (QED) is 0.210. The SMILES string of the molecule is C[C@@H]1CN[C@@H](C)CN1C(C)(C)C=C(C#N)C(=O)N1CCC[C@H](n2nc(-c3ccc(Oc4ccccc4)cc3F)c3c(N)ncnc32)C1. The van der Waals surface area contributed by atoms with Gasteiger partial charge in [-0.2, -0.15) is 10.4 Å². The number of carbonyl (C=O) groups excluding carboxylic acids is 1. The number of carbonyl (C=O) groups is 1. The molecule has 6 rings (SSSR count). The number of ether oxygens (including phenoxy) is 1. The third-order valence-corrected chi connectivity index (χ3v) is 9.08. The Labute approximate surface area is 273 Å². The highest BCUT2D eigenvalue weighted by Gasteiger charge is 2.36. The molecule has 244 valence electrons.